The Morgan fingerprint density at radius 3 is 2.65 bits per heavy atom. The lowest BCUT2D eigenvalue weighted by Crippen LogP contribution is -1.96. The normalized spacial score (nSPS) is 10.9. The van der Waals surface area contributed by atoms with E-state index in [1.54, 1.807) is 10.9 Å². The Balaban J connectivity index is 2.27. The van der Waals surface area contributed by atoms with Gasteiger partial charge in [-0.25, -0.2) is 9.67 Å². The van der Waals surface area contributed by atoms with Crippen molar-refractivity contribution < 1.29 is 0 Å². The van der Waals surface area contributed by atoms with Crippen LogP contribution in [0.3, 0.4) is 0 Å². The Hall–Kier alpha value is -1.39. The van der Waals surface area contributed by atoms with E-state index in [0.717, 1.165) is 21.3 Å². The molecule has 0 atom stereocenters. The van der Waals surface area contributed by atoms with E-state index >= 15 is 0 Å². The van der Waals surface area contributed by atoms with Gasteiger partial charge in [-0.1, -0.05) is 11.6 Å². The van der Waals surface area contributed by atoms with Crippen molar-refractivity contribution in [2.45, 2.75) is 0 Å². The second-order valence-electron chi connectivity index (χ2n) is 3.55. The second kappa shape index (κ2) is 4.13. The van der Waals surface area contributed by atoms with Gasteiger partial charge in [0.15, 0.2) is 5.65 Å². The first-order valence-corrected chi connectivity index (χ1v) is 6.18. The summed E-state index contributed by atoms with van der Waals surface area (Å²) in [7, 11) is 0. The molecule has 5 heteroatoms. The maximum Gasteiger partial charge on any atom is 0.164 e. The van der Waals surface area contributed by atoms with Crippen molar-refractivity contribution in [2.24, 2.45) is 0 Å². The van der Waals surface area contributed by atoms with E-state index in [9.17, 15) is 0 Å². The van der Waals surface area contributed by atoms with Crippen LogP contribution in [0.25, 0.3) is 16.7 Å². The van der Waals surface area contributed by atoms with Crippen LogP contribution in [0.4, 0.5) is 0 Å². The number of nitrogens with zero attached hydrogens (tertiary/aromatic N) is 3. The van der Waals surface area contributed by atoms with Gasteiger partial charge >= 0.3 is 0 Å². The maximum absolute atomic E-state index is 5.87. The fourth-order valence-electron chi connectivity index (χ4n) is 1.68. The number of aromatic nitrogens is 3. The number of halogens is 2. The summed E-state index contributed by atoms with van der Waals surface area (Å²) in [5.41, 5.74) is 1.76. The van der Waals surface area contributed by atoms with Crippen LogP contribution in [0, 0.1) is 0 Å². The molecular formula is C12H7BrClN3. The summed E-state index contributed by atoms with van der Waals surface area (Å²) in [6.07, 6.45) is 1.75. The largest absolute Gasteiger partial charge is 0.236 e. The minimum Gasteiger partial charge on any atom is -0.236 e. The predicted octanol–water partition coefficient (Wildman–Crippen LogP) is 3.84. The van der Waals surface area contributed by atoms with E-state index in [2.05, 4.69) is 26.0 Å². The summed E-state index contributed by atoms with van der Waals surface area (Å²) >= 11 is 9.30. The van der Waals surface area contributed by atoms with E-state index in [1.165, 1.54) is 0 Å². The molecule has 0 bridgehead atoms. The van der Waals surface area contributed by atoms with Crippen LogP contribution in [0.2, 0.25) is 5.02 Å². The smallest absolute Gasteiger partial charge is 0.164 e. The molecule has 0 aliphatic carbocycles. The third-order valence-corrected chi connectivity index (χ3v) is 3.31. The molecule has 0 saturated heterocycles. The monoisotopic (exact) mass is 307 g/mol. The van der Waals surface area contributed by atoms with Crippen LogP contribution < -0.4 is 0 Å². The summed E-state index contributed by atoms with van der Waals surface area (Å²) in [5.74, 6) is 0. The molecular weight excluding hydrogens is 302 g/mol. The van der Waals surface area contributed by atoms with Crippen molar-refractivity contribution in [2.75, 3.05) is 0 Å². The number of hydrogen-bond acceptors (Lipinski definition) is 2. The predicted molar refractivity (Wildman–Crippen MR) is 71.6 cm³/mol. The lowest BCUT2D eigenvalue weighted by molar-refractivity contribution is 0.886. The summed E-state index contributed by atoms with van der Waals surface area (Å²) in [6.45, 7) is 0. The molecule has 0 radical (unpaired) electrons. The Morgan fingerprint density at radius 2 is 1.88 bits per heavy atom. The number of pyridine rings is 1. The topological polar surface area (TPSA) is 30.7 Å². The van der Waals surface area contributed by atoms with E-state index in [1.807, 2.05) is 36.4 Å². The first-order valence-electron chi connectivity index (χ1n) is 5.01. The molecule has 0 N–H and O–H groups in total. The van der Waals surface area contributed by atoms with Crippen molar-refractivity contribution in [3.8, 4) is 5.69 Å². The molecule has 17 heavy (non-hydrogen) atoms. The van der Waals surface area contributed by atoms with Crippen molar-refractivity contribution >= 4 is 38.6 Å². The van der Waals surface area contributed by atoms with E-state index in [4.69, 9.17) is 11.6 Å². The van der Waals surface area contributed by atoms with E-state index in [0.29, 0.717) is 5.02 Å². The summed E-state index contributed by atoms with van der Waals surface area (Å²) < 4.78 is 2.57. The molecule has 2 aromatic heterocycles. The van der Waals surface area contributed by atoms with Gasteiger partial charge in [-0.05, 0) is 52.3 Å². The molecule has 3 aromatic rings. The zero-order valence-electron chi connectivity index (χ0n) is 8.64. The van der Waals surface area contributed by atoms with Crippen LogP contribution in [-0.4, -0.2) is 14.8 Å². The Kier molecular flexibility index (Phi) is 2.61. The van der Waals surface area contributed by atoms with Crippen LogP contribution >= 0.6 is 27.5 Å². The van der Waals surface area contributed by atoms with Gasteiger partial charge in [-0.3, -0.25) is 0 Å². The molecule has 0 aliphatic heterocycles. The first-order chi connectivity index (χ1) is 8.25. The van der Waals surface area contributed by atoms with Gasteiger partial charge < -0.3 is 0 Å². The van der Waals surface area contributed by atoms with Crippen LogP contribution in [-0.2, 0) is 0 Å². The summed E-state index contributed by atoms with van der Waals surface area (Å²) in [4.78, 5) is 4.34. The average molecular weight is 309 g/mol. The number of rotatable bonds is 1. The molecule has 0 saturated carbocycles. The zero-order valence-corrected chi connectivity index (χ0v) is 11.0. The highest BCUT2D eigenvalue weighted by Crippen LogP contribution is 2.24. The SMILES string of the molecule is Clc1ccc(-n2nc(Br)c3cccnc32)cc1. The third kappa shape index (κ3) is 1.83. The highest BCUT2D eigenvalue weighted by molar-refractivity contribution is 9.10. The Morgan fingerprint density at radius 1 is 1.12 bits per heavy atom. The minimum atomic E-state index is 0.706. The highest BCUT2D eigenvalue weighted by atomic mass is 79.9. The second-order valence-corrected chi connectivity index (χ2v) is 4.74. The van der Waals surface area contributed by atoms with Gasteiger partial charge in [-0.15, -0.1) is 0 Å². The number of benzene rings is 1. The molecule has 0 aliphatic rings. The number of hydrogen-bond donors (Lipinski definition) is 0. The number of fused-ring (bicyclic) bond motifs is 1. The molecule has 2 heterocycles. The molecule has 0 fully saturated rings. The van der Waals surface area contributed by atoms with Crippen molar-refractivity contribution in [3.63, 3.8) is 0 Å². The van der Waals surface area contributed by atoms with Gasteiger partial charge in [0.05, 0.1) is 11.1 Å². The van der Waals surface area contributed by atoms with Crippen molar-refractivity contribution in [3.05, 3.63) is 52.2 Å². The fourth-order valence-corrected chi connectivity index (χ4v) is 2.27. The molecule has 0 unspecified atom stereocenters. The molecule has 1 aromatic carbocycles. The molecule has 3 nitrogen and oxygen atoms in total. The van der Waals surface area contributed by atoms with Crippen LogP contribution in [0.15, 0.2) is 47.2 Å². The summed E-state index contributed by atoms with van der Waals surface area (Å²) in [5, 5.41) is 6.11. The Labute approximate surface area is 111 Å². The van der Waals surface area contributed by atoms with Gasteiger partial charge in [0.25, 0.3) is 0 Å². The minimum absolute atomic E-state index is 0.706. The lowest BCUT2D eigenvalue weighted by Gasteiger charge is -2.01. The van der Waals surface area contributed by atoms with Gasteiger partial charge in [0.2, 0.25) is 0 Å². The van der Waals surface area contributed by atoms with Gasteiger partial charge in [0, 0.05) is 11.2 Å². The first kappa shape index (κ1) is 10.7. The molecule has 0 amide bonds. The van der Waals surface area contributed by atoms with Crippen molar-refractivity contribution in [1.82, 2.24) is 14.8 Å². The molecule has 84 valence electrons. The Bertz CT molecular complexity index is 676. The van der Waals surface area contributed by atoms with Crippen molar-refractivity contribution in [1.29, 1.82) is 0 Å². The van der Waals surface area contributed by atoms with E-state index in [-0.39, 0.29) is 0 Å². The van der Waals surface area contributed by atoms with Crippen LogP contribution in [0.1, 0.15) is 0 Å². The highest BCUT2D eigenvalue weighted by Gasteiger charge is 2.09. The standard InChI is InChI=1S/C12H7BrClN3/c13-11-10-2-1-7-15-12(10)17(16-11)9-5-3-8(14)4-6-9/h1-7H. The third-order valence-electron chi connectivity index (χ3n) is 2.47. The fraction of sp³-hybridized carbons (Fsp3) is 0. The lowest BCUT2D eigenvalue weighted by atomic mass is 10.3. The summed E-state index contributed by atoms with van der Waals surface area (Å²) in [6, 6.07) is 11.4. The quantitative estimate of drug-likeness (QED) is 0.684. The van der Waals surface area contributed by atoms with Crippen LogP contribution in [0.5, 0.6) is 0 Å². The maximum atomic E-state index is 5.87. The zero-order chi connectivity index (χ0) is 11.8. The molecule has 3 rings (SSSR count). The van der Waals surface area contributed by atoms with E-state index < -0.39 is 0 Å². The van der Waals surface area contributed by atoms with Gasteiger partial charge in [-0.2, -0.15) is 5.10 Å². The van der Waals surface area contributed by atoms with Gasteiger partial charge in [0.1, 0.15) is 4.60 Å². The average Bonchev–Trinajstić information content (AvgIpc) is 2.69. The molecule has 0 spiro atoms.